The predicted molar refractivity (Wildman–Crippen MR) is 95.0 cm³/mol. The van der Waals surface area contributed by atoms with Crippen LogP contribution in [0.1, 0.15) is 48.6 Å². The molecule has 1 aliphatic carbocycles. The fourth-order valence-electron chi connectivity index (χ4n) is 3.85. The second-order valence-electron chi connectivity index (χ2n) is 6.96. The smallest absolute Gasteiger partial charge is 0.338 e. The number of alkyl halides is 3. The Morgan fingerprint density at radius 2 is 1.59 bits per heavy atom. The Labute approximate surface area is 155 Å². The Bertz CT molecular complexity index is 882. The van der Waals surface area contributed by atoms with Crippen LogP contribution in [0, 0.1) is 5.92 Å². The Morgan fingerprint density at radius 3 is 2.22 bits per heavy atom. The zero-order valence-electron chi connectivity index (χ0n) is 14.6. The highest BCUT2D eigenvalue weighted by Gasteiger charge is 2.33. The van der Waals surface area contributed by atoms with Crippen LogP contribution >= 0.6 is 0 Å². The van der Waals surface area contributed by atoms with Gasteiger partial charge < -0.3 is 4.52 Å². The number of benzene rings is 2. The lowest BCUT2D eigenvalue weighted by Gasteiger charge is -2.20. The van der Waals surface area contributed by atoms with Crippen LogP contribution in [0.15, 0.2) is 59.1 Å². The maximum Gasteiger partial charge on any atom is 0.416 e. The molecule has 1 saturated carbocycles. The van der Waals surface area contributed by atoms with Crippen molar-refractivity contribution in [1.29, 1.82) is 0 Å². The van der Waals surface area contributed by atoms with Gasteiger partial charge in [0.15, 0.2) is 0 Å². The minimum atomic E-state index is -4.36. The van der Waals surface area contributed by atoms with E-state index in [4.69, 9.17) is 4.52 Å². The summed E-state index contributed by atoms with van der Waals surface area (Å²) >= 11 is 0. The monoisotopic (exact) mass is 372 g/mol. The van der Waals surface area contributed by atoms with Crippen molar-refractivity contribution in [2.75, 3.05) is 0 Å². The highest BCUT2D eigenvalue weighted by molar-refractivity contribution is 5.55. The molecule has 1 aliphatic rings. The first-order valence-electron chi connectivity index (χ1n) is 9.08. The highest BCUT2D eigenvalue weighted by atomic mass is 19.4. The van der Waals surface area contributed by atoms with Crippen LogP contribution in [-0.2, 0) is 6.18 Å². The first kappa shape index (κ1) is 17.8. The Balaban J connectivity index is 1.65. The van der Waals surface area contributed by atoms with Gasteiger partial charge in [0.2, 0.25) is 11.7 Å². The first-order chi connectivity index (χ1) is 13.0. The van der Waals surface area contributed by atoms with Crippen LogP contribution in [0.2, 0.25) is 0 Å². The summed E-state index contributed by atoms with van der Waals surface area (Å²) in [6.07, 6.45) is 0.235. The molecule has 1 heterocycles. The van der Waals surface area contributed by atoms with Gasteiger partial charge in [-0.2, -0.15) is 18.2 Å². The SMILES string of the molecule is FC(F)(F)c1ccc(-c2noc([C@@H](c3ccccc3)C3CCCC3)n2)cc1. The normalized spacial score (nSPS) is 16.6. The van der Waals surface area contributed by atoms with Crippen LogP contribution < -0.4 is 0 Å². The number of hydrogen-bond acceptors (Lipinski definition) is 3. The molecule has 1 fully saturated rings. The maximum absolute atomic E-state index is 12.7. The molecule has 3 aromatic rings. The van der Waals surface area contributed by atoms with Gasteiger partial charge in [0.25, 0.3) is 0 Å². The minimum Gasteiger partial charge on any atom is -0.338 e. The molecular formula is C21H19F3N2O. The van der Waals surface area contributed by atoms with Crippen LogP contribution in [0.25, 0.3) is 11.4 Å². The summed E-state index contributed by atoms with van der Waals surface area (Å²) < 4.78 is 43.8. The molecular weight excluding hydrogens is 353 g/mol. The van der Waals surface area contributed by atoms with E-state index in [1.807, 2.05) is 18.2 Å². The quantitative estimate of drug-likeness (QED) is 0.557. The molecule has 0 unspecified atom stereocenters. The lowest BCUT2D eigenvalue weighted by molar-refractivity contribution is -0.137. The van der Waals surface area contributed by atoms with E-state index in [1.54, 1.807) is 0 Å². The van der Waals surface area contributed by atoms with Crippen molar-refractivity contribution >= 4 is 0 Å². The number of halogens is 3. The highest BCUT2D eigenvalue weighted by Crippen LogP contribution is 2.41. The topological polar surface area (TPSA) is 38.9 Å². The molecule has 6 heteroatoms. The van der Waals surface area contributed by atoms with Crippen molar-refractivity contribution in [3.8, 4) is 11.4 Å². The van der Waals surface area contributed by atoms with E-state index in [9.17, 15) is 13.2 Å². The molecule has 1 aromatic heterocycles. The molecule has 0 radical (unpaired) electrons. The third-order valence-electron chi connectivity index (χ3n) is 5.21. The zero-order valence-corrected chi connectivity index (χ0v) is 14.6. The number of rotatable bonds is 4. The average molecular weight is 372 g/mol. The van der Waals surface area contributed by atoms with Gasteiger partial charge in [-0.05, 0) is 36.5 Å². The molecule has 27 heavy (non-hydrogen) atoms. The lowest BCUT2D eigenvalue weighted by atomic mass is 9.85. The number of aromatic nitrogens is 2. The van der Waals surface area contributed by atoms with Crippen molar-refractivity contribution < 1.29 is 17.7 Å². The van der Waals surface area contributed by atoms with E-state index < -0.39 is 11.7 Å². The summed E-state index contributed by atoms with van der Waals surface area (Å²) in [6.45, 7) is 0. The van der Waals surface area contributed by atoms with E-state index in [-0.39, 0.29) is 5.92 Å². The summed E-state index contributed by atoms with van der Waals surface area (Å²) in [5, 5.41) is 4.03. The average Bonchev–Trinajstić information content (AvgIpc) is 3.35. The fraction of sp³-hybridized carbons (Fsp3) is 0.333. The van der Waals surface area contributed by atoms with Gasteiger partial charge in [-0.1, -0.05) is 60.5 Å². The Hall–Kier alpha value is -2.63. The summed E-state index contributed by atoms with van der Waals surface area (Å²) in [5.74, 6) is 1.30. The molecule has 0 N–H and O–H groups in total. The molecule has 2 aromatic carbocycles. The van der Waals surface area contributed by atoms with Crippen LogP contribution in [0.4, 0.5) is 13.2 Å². The van der Waals surface area contributed by atoms with Crippen molar-refractivity contribution in [3.05, 3.63) is 71.6 Å². The van der Waals surface area contributed by atoms with E-state index >= 15 is 0 Å². The largest absolute Gasteiger partial charge is 0.416 e. The summed E-state index contributed by atoms with van der Waals surface area (Å²) in [4.78, 5) is 4.53. The van der Waals surface area contributed by atoms with Crippen molar-refractivity contribution in [2.24, 2.45) is 5.92 Å². The van der Waals surface area contributed by atoms with Crippen molar-refractivity contribution in [3.63, 3.8) is 0 Å². The summed E-state index contributed by atoms with van der Waals surface area (Å²) in [7, 11) is 0. The van der Waals surface area contributed by atoms with E-state index in [2.05, 4.69) is 22.3 Å². The van der Waals surface area contributed by atoms with Crippen molar-refractivity contribution in [2.45, 2.75) is 37.8 Å². The second kappa shape index (κ2) is 7.18. The summed E-state index contributed by atoms with van der Waals surface area (Å²) in [6, 6.07) is 14.9. The molecule has 0 amide bonds. The van der Waals surface area contributed by atoms with Gasteiger partial charge >= 0.3 is 6.18 Å². The van der Waals surface area contributed by atoms with E-state index in [1.165, 1.54) is 25.0 Å². The third kappa shape index (κ3) is 3.75. The molecule has 140 valence electrons. The lowest BCUT2D eigenvalue weighted by Crippen LogP contribution is -2.12. The van der Waals surface area contributed by atoms with Gasteiger partial charge in [0, 0.05) is 5.56 Å². The molecule has 0 bridgehead atoms. The van der Waals surface area contributed by atoms with E-state index in [0.717, 1.165) is 30.5 Å². The minimum absolute atomic E-state index is 0.0180. The molecule has 0 saturated heterocycles. The standard InChI is InChI=1S/C21H19F3N2O/c22-21(23,24)17-12-10-16(11-13-17)19-25-20(27-26-19)18(15-8-4-5-9-15)14-6-2-1-3-7-14/h1-3,6-7,10-13,15,18H,4-5,8-9H2/t18-/m0/s1. The maximum atomic E-state index is 12.7. The Kier molecular flexibility index (Phi) is 4.72. The predicted octanol–water partition coefficient (Wildman–Crippen LogP) is 6.08. The second-order valence-corrected chi connectivity index (χ2v) is 6.96. The first-order valence-corrected chi connectivity index (χ1v) is 9.08. The van der Waals surface area contributed by atoms with Gasteiger partial charge in [-0.3, -0.25) is 0 Å². The van der Waals surface area contributed by atoms with Crippen LogP contribution in [0.5, 0.6) is 0 Å². The number of hydrogen-bond donors (Lipinski definition) is 0. The van der Waals surface area contributed by atoms with Gasteiger partial charge in [0.05, 0.1) is 11.5 Å². The number of nitrogens with zero attached hydrogens (tertiary/aromatic N) is 2. The zero-order chi connectivity index (χ0) is 18.9. The van der Waals surface area contributed by atoms with Crippen molar-refractivity contribution in [1.82, 2.24) is 10.1 Å². The van der Waals surface area contributed by atoms with Crippen LogP contribution in [-0.4, -0.2) is 10.1 Å². The van der Waals surface area contributed by atoms with Gasteiger partial charge in [-0.15, -0.1) is 0 Å². The molecule has 3 nitrogen and oxygen atoms in total. The molecule has 4 rings (SSSR count). The third-order valence-corrected chi connectivity index (χ3v) is 5.21. The van der Waals surface area contributed by atoms with Gasteiger partial charge in [0.1, 0.15) is 0 Å². The Morgan fingerprint density at radius 1 is 0.926 bits per heavy atom. The molecule has 0 spiro atoms. The van der Waals surface area contributed by atoms with Gasteiger partial charge in [-0.25, -0.2) is 0 Å². The van der Waals surface area contributed by atoms with E-state index in [0.29, 0.717) is 23.2 Å². The molecule has 1 atom stereocenters. The van der Waals surface area contributed by atoms with Crippen LogP contribution in [0.3, 0.4) is 0 Å². The fourth-order valence-corrected chi connectivity index (χ4v) is 3.85. The molecule has 0 aliphatic heterocycles. The summed E-state index contributed by atoms with van der Waals surface area (Å²) in [5.41, 5.74) is 0.950.